The molecule has 3 aromatic rings. The molecule has 0 unspecified atom stereocenters. The molecule has 164 valence electrons. The van der Waals surface area contributed by atoms with Crippen LogP contribution in [0, 0.1) is 18.6 Å². The van der Waals surface area contributed by atoms with Crippen LogP contribution in [0.25, 0.3) is 0 Å². The van der Waals surface area contributed by atoms with Gasteiger partial charge in [-0.05, 0) is 30.3 Å². The predicted molar refractivity (Wildman–Crippen MR) is 99.9 cm³/mol. The summed E-state index contributed by atoms with van der Waals surface area (Å²) in [6.45, 7) is 0.704. The van der Waals surface area contributed by atoms with Crippen molar-refractivity contribution < 1.29 is 26.7 Å². The van der Waals surface area contributed by atoms with Crippen molar-refractivity contribution in [1.29, 1.82) is 0 Å². The Morgan fingerprint density at radius 3 is 2.48 bits per heavy atom. The van der Waals surface area contributed by atoms with E-state index in [-0.39, 0.29) is 23.1 Å². The first-order chi connectivity index (χ1) is 14.5. The molecule has 0 radical (unpaired) electrons. The number of pyridine rings is 1. The van der Waals surface area contributed by atoms with E-state index < -0.39 is 40.8 Å². The Hall–Kier alpha value is -3.35. The number of carbonyl (C=O) groups is 1. The van der Waals surface area contributed by atoms with Crippen molar-refractivity contribution >= 4 is 35.0 Å². The van der Waals surface area contributed by atoms with E-state index in [4.69, 9.17) is 11.6 Å². The van der Waals surface area contributed by atoms with E-state index in [1.165, 1.54) is 14.0 Å². The van der Waals surface area contributed by atoms with E-state index in [1.807, 2.05) is 0 Å². The summed E-state index contributed by atoms with van der Waals surface area (Å²) in [7, 11) is 1.19. The lowest BCUT2D eigenvalue weighted by molar-refractivity contribution is -0.137. The number of aromatic nitrogens is 5. The van der Waals surface area contributed by atoms with E-state index >= 15 is 0 Å². The van der Waals surface area contributed by atoms with Crippen LogP contribution in [0.4, 0.5) is 39.4 Å². The highest BCUT2D eigenvalue weighted by atomic mass is 35.5. The Bertz CT molecular complexity index is 1110. The Balaban J connectivity index is 1.98. The maximum atomic E-state index is 14.1. The molecule has 8 nitrogen and oxygen atoms in total. The number of halogens is 6. The molecule has 31 heavy (non-hydrogen) atoms. The minimum Gasteiger partial charge on any atom is -0.311 e. The van der Waals surface area contributed by atoms with E-state index in [0.29, 0.717) is 12.1 Å². The third-order valence-electron chi connectivity index (χ3n) is 4.14. The molecular weight excluding hydrogens is 449 g/mol. The zero-order valence-corrected chi connectivity index (χ0v) is 16.6. The van der Waals surface area contributed by atoms with Gasteiger partial charge >= 0.3 is 6.18 Å². The quantitative estimate of drug-likeness (QED) is 0.461. The van der Waals surface area contributed by atoms with Gasteiger partial charge in [-0.2, -0.15) is 18.4 Å². The van der Waals surface area contributed by atoms with Crippen LogP contribution >= 0.6 is 11.6 Å². The zero-order chi connectivity index (χ0) is 22.9. The molecule has 0 aliphatic rings. The molecular formula is C17H13ClF5N7O. The Morgan fingerprint density at radius 1 is 1.16 bits per heavy atom. The monoisotopic (exact) mass is 461 g/mol. The van der Waals surface area contributed by atoms with Gasteiger partial charge in [-0.25, -0.2) is 13.8 Å². The number of amides is 1. The molecule has 14 heteroatoms. The SMILES string of the molecule is Cc1cc(C(F)(F)F)cc(N(CC(=O)N(C)c2cc(Cl)c(F)cc2F)c2nn[nH]n2)n1. The first-order valence-corrected chi connectivity index (χ1v) is 8.83. The van der Waals surface area contributed by atoms with Gasteiger partial charge in [0.2, 0.25) is 5.91 Å². The number of H-pyrrole nitrogens is 1. The maximum absolute atomic E-state index is 14.1. The van der Waals surface area contributed by atoms with Crippen molar-refractivity contribution in [2.24, 2.45) is 0 Å². The van der Waals surface area contributed by atoms with Gasteiger partial charge in [0.25, 0.3) is 5.95 Å². The van der Waals surface area contributed by atoms with Crippen LogP contribution < -0.4 is 9.80 Å². The number of benzene rings is 1. The topological polar surface area (TPSA) is 90.9 Å². The second kappa shape index (κ2) is 8.41. The first-order valence-electron chi connectivity index (χ1n) is 8.45. The van der Waals surface area contributed by atoms with Crippen LogP contribution in [0.5, 0.6) is 0 Å². The summed E-state index contributed by atoms with van der Waals surface area (Å²) in [5.41, 5.74) is -1.31. The van der Waals surface area contributed by atoms with Crippen molar-refractivity contribution in [3.63, 3.8) is 0 Å². The number of rotatable bonds is 5. The molecule has 0 saturated carbocycles. The lowest BCUT2D eigenvalue weighted by Crippen LogP contribution is -2.37. The molecule has 2 aromatic heterocycles. The number of nitrogens with zero attached hydrogens (tertiary/aromatic N) is 6. The summed E-state index contributed by atoms with van der Waals surface area (Å²) >= 11 is 5.66. The highest BCUT2D eigenvalue weighted by Gasteiger charge is 2.33. The lowest BCUT2D eigenvalue weighted by atomic mass is 10.2. The molecule has 0 aliphatic heterocycles. The smallest absolute Gasteiger partial charge is 0.311 e. The highest BCUT2D eigenvalue weighted by Crippen LogP contribution is 2.33. The number of aryl methyl sites for hydroxylation is 1. The van der Waals surface area contributed by atoms with Gasteiger partial charge in [-0.1, -0.05) is 16.7 Å². The first kappa shape index (κ1) is 22.3. The third kappa shape index (κ3) is 4.87. The van der Waals surface area contributed by atoms with Gasteiger partial charge < -0.3 is 4.90 Å². The van der Waals surface area contributed by atoms with Gasteiger partial charge in [0, 0.05) is 18.8 Å². The van der Waals surface area contributed by atoms with Gasteiger partial charge in [-0.15, -0.1) is 5.10 Å². The average Bonchev–Trinajstić information content (AvgIpc) is 3.21. The Kier molecular flexibility index (Phi) is 6.06. The molecule has 0 aliphatic carbocycles. The standard InChI is InChI=1S/C17H13ClF5N7O/c1-8-3-9(17(21,22)23)4-14(24-8)30(16-25-27-28-26-16)7-15(31)29(2)13-5-10(18)11(19)6-12(13)20/h3-6H,7H2,1-2H3,(H,25,26,27,28). The van der Waals surface area contributed by atoms with Crippen LogP contribution in [0.3, 0.4) is 0 Å². The molecule has 1 N–H and O–H groups in total. The van der Waals surface area contributed by atoms with Gasteiger partial charge in [0.15, 0.2) is 0 Å². The zero-order valence-electron chi connectivity index (χ0n) is 15.9. The fraction of sp³-hybridized carbons (Fsp3) is 0.235. The molecule has 2 heterocycles. The average molecular weight is 462 g/mol. The highest BCUT2D eigenvalue weighted by molar-refractivity contribution is 6.31. The van der Waals surface area contributed by atoms with Gasteiger partial charge in [-0.3, -0.25) is 9.69 Å². The molecule has 0 fully saturated rings. The second-order valence-corrected chi connectivity index (χ2v) is 6.73. The maximum Gasteiger partial charge on any atom is 0.416 e. The summed E-state index contributed by atoms with van der Waals surface area (Å²) in [6.07, 6.45) is -4.67. The summed E-state index contributed by atoms with van der Waals surface area (Å²) in [5, 5.41) is 12.4. The molecule has 0 saturated heterocycles. The van der Waals surface area contributed by atoms with Crippen molar-refractivity contribution in [2.45, 2.75) is 13.1 Å². The normalized spacial score (nSPS) is 11.5. The third-order valence-corrected chi connectivity index (χ3v) is 4.43. The van der Waals surface area contributed by atoms with Crippen molar-refractivity contribution in [1.82, 2.24) is 25.6 Å². The van der Waals surface area contributed by atoms with Gasteiger partial charge in [0.1, 0.15) is 24.0 Å². The predicted octanol–water partition coefficient (Wildman–Crippen LogP) is 3.65. The Labute approximate surface area is 176 Å². The number of anilines is 3. The van der Waals surface area contributed by atoms with E-state index in [1.54, 1.807) is 0 Å². The van der Waals surface area contributed by atoms with Crippen LogP contribution in [-0.4, -0.2) is 45.1 Å². The minimum atomic E-state index is -4.67. The van der Waals surface area contributed by atoms with Crippen LogP contribution in [0.1, 0.15) is 11.3 Å². The summed E-state index contributed by atoms with van der Waals surface area (Å²) in [4.78, 5) is 18.6. The van der Waals surface area contributed by atoms with Crippen molar-refractivity contribution in [3.8, 4) is 0 Å². The molecule has 3 rings (SSSR count). The number of hydrogen-bond acceptors (Lipinski definition) is 6. The lowest BCUT2D eigenvalue weighted by Gasteiger charge is -2.24. The minimum absolute atomic E-state index is 0.0236. The summed E-state index contributed by atoms with van der Waals surface area (Å²) in [6, 6.07) is 2.97. The van der Waals surface area contributed by atoms with Gasteiger partial charge in [0.05, 0.1) is 16.3 Å². The van der Waals surface area contributed by atoms with E-state index in [0.717, 1.165) is 21.9 Å². The number of hydrogen-bond donors (Lipinski definition) is 1. The summed E-state index contributed by atoms with van der Waals surface area (Å²) < 4.78 is 67.2. The molecule has 0 spiro atoms. The number of likely N-dealkylation sites (N-methyl/N-ethyl adjacent to an activating group) is 1. The molecule has 0 atom stereocenters. The largest absolute Gasteiger partial charge is 0.416 e. The van der Waals surface area contributed by atoms with Crippen LogP contribution in [-0.2, 0) is 11.0 Å². The number of aromatic amines is 1. The second-order valence-electron chi connectivity index (χ2n) is 6.32. The fourth-order valence-corrected chi connectivity index (χ4v) is 2.78. The number of nitrogens with one attached hydrogen (secondary N) is 1. The summed E-state index contributed by atoms with van der Waals surface area (Å²) in [5.74, 6) is -3.40. The van der Waals surface area contributed by atoms with Crippen molar-refractivity contribution in [3.05, 3.63) is 52.2 Å². The molecule has 1 amide bonds. The van der Waals surface area contributed by atoms with Crippen LogP contribution in [0.15, 0.2) is 24.3 Å². The molecule has 0 bridgehead atoms. The fourth-order valence-electron chi connectivity index (χ4n) is 2.62. The molecule has 1 aromatic carbocycles. The number of alkyl halides is 3. The van der Waals surface area contributed by atoms with E-state index in [2.05, 4.69) is 25.6 Å². The van der Waals surface area contributed by atoms with Crippen molar-refractivity contribution in [2.75, 3.05) is 23.4 Å². The number of tetrazole rings is 1. The van der Waals surface area contributed by atoms with E-state index in [9.17, 15) is 26.7 Å². The Morgan fingerprint density at radius 2 is 1.87 bits per heavy atom. The van der Waals surface area contributed by atoms with Crippen LogP contribution in [0.2, 0.25) is 5.02 Å². The number of carbonyl (C=O) groups excluding carboxylic acids is 1.